The van der Waals surface area contributed by atoms with Gasteiger partial charge in [0.05, 0.1) is 11.3 Å². The van der Waals surface area contributed by atoms with Gasteiger partial charge in [-0.3, -0.25) is 4.79 Å². The maximum absolute atomic E-state index is 12.3. The van der Waals surface area contributed by atoms with E-state index in [1.54, 1.807) is 6.07 Å². The van der Waals surface area contributed by atoms with Crippen LogP contribution < -0.4 is 5.32 Å². The summed E-state index contributed by atoms with van der Waals surface area (Å²) in [7, 11) is 0. The molecule has 0 atom stereocenters. The molecule has 1 aliphatic rings. The first kappa shape index (κ1) is 11.8. The minimum absolute atomic E-state index is 0.0574. The lowest BCUT2D eigenvalue weighted by Crippen LogP contribution is -2.33. The summed E-state index contributed by atoms with van der Waals surface area (Å²) in [6.45, 7) is 0. The summed E-state index contributed by atoms with van der Waals surface area (Å²) in [5.74, 6) is -0.0574. The Bertz CT molecular complexity index is 560. The van der Waals surface area contributed by atoms with E-state index in [-0.39, 0.29) is 5.91 Å². The third kappa shape index (κ3) is 2.47. The second-order valence-corrected chi connectivity index (χ2v) is 4.73. The molecule has 1 heterocycles. The number of rotatable bonds is 3. The molecule has 2 aromatic rings. The van der Waals surface area contributed by atoms with E-state index in [2.05, 4.69) is 20.8 Å². The number of hydrogen-bond donors (Lipinski definition) is 1. The zero-order valence-electron chi connectivity index (χ0n) is 10.5. The number of carbonyl (C=O) groups excluding carboxylic acids is 1. The SMILES string of the molecule is O=C(NC1CCCC1)c1ccccc1-n1cnnn1. The van der Waals surface area contributed by atoms with Gasteiger partial charge >= 0.3 is 0 Å². The van der Waals surface area contributed by atoms with Crippen LogP contribution in [-0.4, -0.2) is 32.2 Å². The second-order valence-electron chi connectivity index (χ2n) is 4.73. The van der Waals surface area contributed by atoms with Crippen molar-refractivity contribution in [2.75, 3.05) is 0 Å². The fourth-order valence-corrected chi connectivity index (χ4v) is 2.47. The summed E-state index contributed by atoms with van der Waals surface area (Å²) in [6, 6.07) is 7.64. The monoisotopic (exact) mass is 257 g/mol. The molecule has 1 aliphatic carbocycles. The van der Waals surface area contributed by atoms with Crippen molar-refractivity contribution in [2.24, 2.45) is 0 Å². The fourth-order valence-electron chi connectivity index (χ4n) is 2.47. The van der Waals surface area contributed by atoms with Gasteiger partial charge < -0.3 is 5.32 Å². The Morgan fingerprint density at radius 2 is 2.05 bits per heavy atom. The number of hydrogen-bond acceptors (Lipinski definition) is 4. The molecule has 0 saturated heterocycles. The highest BCUT2D eigenvalue weighted by molar-refractivity contribution is 5.97. The summed E-state index contributed by atoms with van der Waals surface area (Å²) in [4.78, 5) is 12.3. The van der Waals surface area contributed by atoms with Gasteiger partial charge in [0.1, 0.15) is 6.33 Å². The number of tetrazole rings is 1. The Hall–Kier alpha value is -2.24. The van der Waals surface area contributed by atoms with Crippen molar-refractivity contribution >= 4 is 5.91 Å². The fraction of sp³-hybridized carbons (Fsp3) is 0.385. The first-order chi connectivity index (χ1) is 9.34. The second kappa shape index (κ2) is 5.17. The van der Waals surface area contributed by atoms with Crippen molar-refractivity contribution in [2.45, 2.75) is 31.7 Å². The van der Waals surface area contributed by atoms with Crippen molar-refractivity contribution < 1.29 is 4.79 Å². The first-order valence-electron chi connectivity index (χ1n) is 6.48. The van der Waals surface area contributed by atoms with Crippen molar-refractivity contribution in [3.05, 3.63) is 36.2 Å². The molecule has 1 fully saturated rings. The molecule has 19 heavy (non-hydrogen) atoms. The number of benzene rings is 1. The topological polar surface area (TPSA) is 72.7 Å². The van der Waals surface area contributed by atoms with Crippen LogP contribution in [0.25, 0.3) is 5.69 Å². The summed E-state index contributed by atoms with van der Waals surface area (Å²) in [6.07, 6.45) is 6.01. The molecule has 6 nitrogen and oxygen atoms in total. The van der Waals surface area contributed by atoms with Gasteiger partial charge in [-0.15, -0.1) is 5.10 Å². The van der Waals surface area contributed by atoms with E-state index in [9.17, 15) is 4.79 Å². The van der Waals surface area contributed by atoms with Gasteiger partial charge in [-0.2, -0.15) is 4.68 Å². The average molecular weight is 257 g/mol. The smallest absolute Gasteiger partial charge is 0.253 e. The molecule has 1 N–H and O–H groups in total. The molecule has 1 aromatic heterocycles. The average Bonchev–Trinajstić information content (AvgIpc) is 3.11. The number of nitrogens with one attached hydrogen (secondary N) is 1. The van der Waals surface area contributed by atoms with Crippen LogP contribution in [0.4, 0.5) is 0 Å². The Morgan fingerprint density at radius 3 is 2.79 bits per heavy atom. The van der Waals surface area contributed by atoms with Gasteiger partial charge in [0.2, 0.25) is 0 Å². The van der Waals surface area contributed by atoms with Gasteiger partial charge in [0.25, 0.3) is 5.91 Å². The summed E-state index contributed by atoms with van der Waals surface area (Å²) < 4.78 is 1.50. The highest BCUT2D eigenvalue weighted by atomic mass is 16.1. The van der Waals surface area contributed by atoms with E-state index in [0.717, 1.165) is 12.8 Å². The maximum atomic E-state index is 12.3. The van der Waals surface area contributed by atoms with Gasteiger partial charge in [-0.1, -0.05) is 25.0 Å². The molecule has 3 rings (SSSR count). The predicted molar refractivity (Wildman–Crippen MR) is 68.9 cm³/mol. The predicted octanol–water partition coefficient (Wildman–Crippen LogP) is 1.33. The Labute approximate surface area is 110 Å². The number of amides is 1. The van der Waals surface area contributed by atoms with Crippen molar-refractivity contribution in [3.63, 3.8) is 0 Å². The molecular weight excluding hydrogens is 242 g/mol. The molecule has 1 amide bonds. The molecule has 6 heteroatoms. The third-order valence-corrected chi connectivity index (χ3v) is 3.43. The van der Waals surface area contributed by atoms with Crippen LogP contribution in [0, 0.1) is 0 Å². The van der Waals surface area contributed by atoms with Crippen LogP contribution in [0.15, 0.2) is 30.6 Å². The molecule has 1 saturated carbocycles. The van der Waals surface area contributed by atoms with E-state index < -0.39 is 0 Å². The lowest BCUT2D eigenvalue weighted by molar-refractivity contribution is 0.0937. The number of nitrogens with zero attached hydrogens (tertiary/aromatic N) is 4. The van der Waals surface area contributed by atoms with Crippen LogP contribution in [0.5, 0.6) is 0 Å². The third-order valence-electron chi connectivity index (χ3n) is 3.43. The number of para-hydroxylation sites is 1. The Balaban J connectivity index is 1.85. The van der Waals surface area contributed by atoms with E-state index >= 15 is 0 Å². The lowest BCUT2D eigenvalue weighted by atomic mass is 10.1. The van der Waals surface area contributed by atoms with Crippen LogP contribution in [0.2, 0.25) is 0 Å². The summed E-state index contributed by atoms with van der Waals surface area (Å²) in [5.41, 5.74) is 1.30. The standard InChI is InChI=1S/C13H15N5O/c19-13(15-10-5-1-2-6-10)11-7-3-4-8-12(11)18-9-14-16-17-18/h3-4,7-10H,1-2,5-6H2,(H,15,19). The van der Waals surface area contributed by atoms with Crippen molar-refractivity contribution in [1.29, 1.82) is 0 Å². The first-order valence-corrected chi connectivity index (χ1v) is 6.48. The van der Waals surface area contributed by atoms with Crippen LogP contribution in [-0.2, 0) is 0 Å². The molecule has 0 radical (unpaired) electrons. The minimum atomic E-state index is -0.0574. The van der Waals surface area contributed by atoms with Crippen LogP contribution in [0.3, 0.4) is 0 Å². The normalized spacial score (nSPS) is 15.6. The van der Waals surface area contributed by atoms with E-state index in [1.807, 2.05) is 18.2 Å². The lowest BCUT2D eigenvalue weighted by Gasteiger charge is -2.13. The van der Waals surface area contributed by atoms with Crippen molar-refractivity contribution in [1.82, 2.24) is 25.5 Å². The minimum Gasteiger partial charge on any atom is -0.349 e. The van der Waals surface area contributed by atoms with Crippen LogP contribution >= 0.6 is 0 Å². The van der Waals surface area contributed by atoms with E-state index in [4.69, 9.17) is 0 Å². The maximum Gasteiger partial charge on any atom is 0.253 e. The van der Waals surface area contributed by atoms with Gasteiger partial charge in [0, 0.05) is 6.04 Å². The molecule has 0 spiro atoms. The highest BCUT2D eigenvalue weighted by Gasteiger charge is 2.20. The molecule has 98 valence electrons. The molecule has 0 aliphatic heterocycles. The zero-order chi connectivity index (χ0) is 13.1. The molecule has 1 aromatic carbocycles. The van der Waals surface area contributed by atoms with Gasteiger partial charge in [0.15, 0.2) is 0 Å². The van der Waals surface area contributed by atoms with E-state index in [0.29, 0.717) is 17.3 Å². The number of aromatic nitrogens is 4. The Kier molecular flexibility index (Phi) is 3.22. The Morgan fingerprint density at radius 1 is 1.26 bits per heavy atom. The highest BCUT2D eigenvalue weighted by Crippen LogP contribution is 2.19. The molecular formula is C13H15N5O. The summed E-state index contributed by atoms with van der Waals surface area (Å²) >= 11 is 0. The zero-order valence-corrected chi connectivity index (χ0v) is 10.5. The molecule has 0 bridgehead atoms. The van der Waals surface area contributed by atoms with Crippen molar-refractivity contribution in [3.8, 4) is 5.69 Å². The van der Waals surface area contributed by atoms with E-state index in [1.165, 1.54) is 23.9 Å². The number of carbonyl (C=O) groups is 1. The quantitative estimate of drug-likeness (QED) is 0.900. The van der Waals surface area contributed by atoms with Crippen LogP contribution in [0.1, 0.15) is 36.0 Å². The molecule has 0 unspecified atom stereocenters. The largest absolute Gasteiger partial charge is 0.349 e. The van der Waals surface area contributed by atoms with Gasteiger partial charge in [-0.05, 0) is 35.4 Å². The van der Waals surface area contributed by atoms with Gasteiger partial charge in [-0.25, -0.2) is 0 Å². The summed E-state index contributed by atoms with van der Waals surface area (Å²) in [5, 5.41) is 14.1.